The van der Waals surface area contributed by atoms with Crippen LogP contribution in [0.15, 0.2) is 30.3 Å². The lowest BCUT2D eigenvalue weighted by atomic mass is 9.74. The number of hydrogen-bond acceptors (Lipinski definition) is 4. The van der Waals surface area contributed by atoms with Gasteiger partial charge in [0.25, 0.3) is 5.91 Å². The standard InChI is InChI=1S/C21H25N3O4/c1-3-6-16-9-17(23(2)22-16)19(25)24-11-15-12-28-18-8-5-4-7-14(18)10-21(15,13-24)20(26)27/h4-5,7-9,15H,3,6,10-13H2,1-2H3,(H,26,27)/t15-,21+/m1/s1. The Morgan fingerprint density at radius 3 is 2.89 bits per heavy atom. The molecule has 0 aliphatic carbocycles. The Bertz CT molecular complexity index is 922. The maximum Gasteiger partial charge on any atom is 0.312 e. The number of nitrogens with zero attached hydrogens (tertiary/aromatic N) is 3. The Morgan fingerprint density at radius 2 is 2.14 bits per heavy atom. The Kier molecular flexibility index (Phi) is 4.61. The monoisotopic (exact) mass is 383 g/mol. The van der Waals surface area contributed by atoms with Crippen LogP contribution < -0.4 is 4.74 Å². The van der Waals surface area contributed by atoms with Crippen LogP contribution in [0.1, 0.15) is 35.1 Å². The zero-order valence-electron chi connectivity index (χ0n) is 16.2. The van der Waals surface area contributed by atoms with Crippen molar-refractivity contribution >= 4 is 11.9 Å². The minimum Gasteiger partial charge on any atom is -0.493 e. The number of hydrogen-bond donors (Lipinski definition) is 1. The Morgan fingerprint density at radius 1 is 1.36 bits per heavy atom. The number of likely N-dealkylation sites (tertiary alicyclic amines) is 1. The number of carbonyl (C=O) groups is 2. The molecular formula is C21H25N3O4. The van der Waals surface area contributed by atoms with Gasteiger partial charge in [0.05, 0.1) is 17.7 Å². The van der Waals surface area contributed by atoms with E-state index in [1.54, 1.807) is 16.6 Å². The number of aryl methyl sites for hydroxylation is 2. The molecule has 1 saturated heterocycles. The van der Waals surface area contributed by atoms with E-state index in [4.69, 9.17) is 4.74 Å². The van der Waals surface area contributed by atoms with E-state index in [9.17, 15) is 14.7 Å². The average molecular weight is 383 g/mol. The average Bonchev–Trinajstić information content (AvgIpc) is 3.17. The summed E-state index contributed by atoms with van der Waals surface area (Å²) in [4.78, 5) is 27.2. The first-order valence-corrected chi connectivity index (χ1v) is 9.71. The van der Waals surface area contributed by atoms with Crippen molar-refractivity contribution < 1.29 is 19.4 Å². The fourth-order valence-electron chi connectivity index (χ4n) is 4.45. The molecule has 3 heterocycles. The zero-order chi connectivity index (χ0) is 19.9. The number of ether oxygens (including phenoxy) is 1. The summed E-state index contributed by atoms with van der Waals surface area (Å²) in [5.41, 5.74) is 1.23. The number of benzene rings is 1. The summed E-state index contributed by atoms with van der Waals surface area (Å²) in [6, 6.07) is 9.38. The molecule has 2 aromatic rings. The molecule has 7 heteroatoms. The van der Waals surface area contributed by atoms with Crippen LogP contribution in [0.2, 0.25) is 0 Å². The molecule has 148 valence electrons. The van der Waals surface area contributed by atoms with Crippen molar-refractivity contribution in [3.8, 4) is 5.75 Å². The van der Waals surface area contributed by atoms with E-state index >= 15 is 0 Å². The van der Waals surface area contributed by atoms with Crippen molar-refractivity contribution in [2.45, 2.75) is 26.2 Å². The number of para-hydroxylation sites is 1. The van der Waals surface area contributed by atoms with Gasteiger partial charge in [0, 0.05) is 26.1 Å². The molecule has 1 aromatic carbocycles. The van der Waals surface area contributed by atoms with E-state index in [2.05, 4.69) is 12.0 Å². The van der Waals surface area contributed by atoms with E-state index in [0.717, 1.165) is 29.8 Å². The molecule has 1 fully saturated rings. The molecule has 0 spiro atoms. The van der Waals surface area contributed by atoms with Crippen molar-refractivity contribution in [3.05, 3.63) is 47.3 Å². The van der Waals surface area contributed by atoms with Crippen LogP contribution in [0.25, 0.3) is 0 Å². The topological polar surface area (TPSA) is 84.7 Å². The van der Waals surface area contributed by atoms with Crippen LogP contribution in [-0.4, -0.2) is 51.4 Å². The number of carboxylic acids is 1. The van der Waals surface area contributed by atoms with Gasteiger partial charge >= 0.3 is 5.97 Å². The highest BCUT2D eigenvalue weighted by Crippen LogP contribution is 2.44. The van der Waals surface area contributed by atoms with Gasteiger partial charge in [0.15, 0.2) is 0 Å². The Balaban J connectivity index is 1.63. The predicted molar refractivity (Wildman–Crippen MR) is 102 cm³/mol. The van der Waals surface area contributed by atoms with E-state index < -0.39 is 11.4 Å². The van der Waals surface area contributed by atoms with Gasteiger partial charge in [0.1, 0.15) is 11.4 Å². The molecule has 4 rings (SSSR count). The van der Waals surface area contributed by atoms with Gasteiger partial charge in [-0.25, -0.2) is 0 Å². The lowest BCUT2D eigenvalue weighted by molar-refractivity contribution is -0.150. The number of fused-ring (bicyclic) bond motifs is 2. The second kappa shape index (κ2) is 6.96. The lowest BCUT2D eigenvalue weighted by Crippen LogP contribution is -2.42. The fourth-order valence-corrected chi connectivity index (χ4v) is 4.45. The van der Waals surface area contributed by atoms with Gasteiger partial charge in [-0.15, -0.1) is 0 Å². The van der Waals surface area contributed by atoms with Crippen molar-refractivity contribution in [3.63, 3.8) is 0 Å². The zero-order valence-corrected chi connectivity index (χ0v) is 16.2. The van der Waals surface area contributed by atoms with Gasteiger partial charge in [-0.05, 0) is 30.5 Å². The van der Waals surface area contributed by atoms with Crippen LogP contribution in [0.5, 0.6) is 5.75 Å². The number of rotatable bonds is 4. The minimum atomic E-state index is -1.03. The lowest BCUT2D eigenvalue weighted by Gasteiger charge is -2.27. The van der Waals surface area contributed by atoms with E-state index in [0.29, 0.717) is 25.3 Å². The number of carbonyl (C=O) groups excluding carboxylic acids is 1. The van der Waals surface area contributed by atoms with E-state index in [1.165, 1.54) is 0 Å². The van der Waals surface area contributed by atoms with Crippen molar-refractivity contribution in [1.29, 1.82) is 0 Å². The molecule has 0 saturated carbocycles. The minimum absolute atomic E-state index is 0.167. The third-order valence-electron chi connectivity index (χ3n) is 5.98. The summed E-state index contributed by atoms with van der Waals surface area (Å²) in [5.74, 6) is -0.556. The second-order valence-corrected chi connectivity index (χ2v) is 7.83. The number of aromatic nitrogens is 2. The highest BCUT2D eigenvalue weighted by atomic mass is 16.5. The van der Waals surface area contributed by atoms with Crippen LogP contribution in [0, 0.1) is 11.3 Å². The van der Waals surface area contributed by atoms with Crippen molar-refractivity contribution in [2.24, 2.45) is 18.4 Å². The van der Waals surface area contributed by atoms with Gasteiger partial charge in [0.2, 0.25) is 0 Å². The largest absolute Gasteiger partial charge is 0.493 e. The normalized spacial score (nSPS) is 23.5. The first-order chi connectivity index (χ1) is 13.4. The second-order valence-electron chi connectivity index (χ2n) is 7.83. The van der Waals surface area contributed by atoms with Crippen molar-refractivity contribution in [2.75, 3.05) is 19.7 Å². The Hall–Kier alpha value is -2.83. The Labute approximate surface area is 163 Å². The number of aliphatic carboxylic acids is 1. The highest BCUT2D eigenvalue weighted by molar-refractivity contribution is 5.94. The molecule has 2 atom stereocenters. The quantitative estimate of drug-likeness (QED) is 0.875. The molecule has 1 aromatic heterocycles. The van der Waals surface area contributed by atoms with Gasteiger partial charge < -0.3 is 14.7 Å². The summed E-state index contributed by atoms with van der Waals surface area (Å²) >= 11 is 0. The third-order valence-corrected chi connectivity index (χ3v) is 5.98. The maximum absolute atomic E-state index is 13.2. The summed E-state index contributed by atoms with van der Waals surface area (Å²) in [6.07, 6.45) is 2.13. The van der Waals surface area contributed by atoms with Gasteiger partial charge in [-0.2, -0.15) is 5.10 Å². The number of amides is 1. The van der Waals surface area contributed by atoms with Crippen LogP contribution in [-0.2, 0) is 24.7 Å². The molecule has 28 heavy (non-hydrogen) atoms. The van der Waals surface area contributed by atoms with Crippen LogP contribution in [0.4, 0.5) is 0 Å². The summed E-state index contributed by atoms with van der Waals surface area (Å²) in [6.45, 7) is 2.91. The van der Waals surface area contributed by atoms with Gasteiger partial charge in [-0.3, -0.25) is 14.3 Å². The van der Waals surface area contributed by atoms with E-state index in [-0.39, 0.29) is 18.4 Å². The van der Waals surface area contributed by atoms with E-state index in [1.807, 2.05) is 30.3 Å². The summed E-state index contributed by atoms with van der Waals surface area (Å²) < 4.78 is 7.51. The first kappa shape index (κ1) is 18.5. The smallest absolute Gasteiger partial charge is 0.312 e. The molecule has 1 amide bonds. The van der Waals surface area contributed by atoms with Crippen LogP contribution >= 0.6 is 0 Å². The van der Waals surface area contributed by atoms with Crippen LogP contribution in [0.3, 0.4) is 0 Å². The summed E-state index contributed by atoms with van der Waals surface area (Å²) in [7, 11) is 1.76. The molecule has 0 radical (unpaired) electrons. The molecule has 0 unspecified atom stereocenters. The molecule has 1 N–H and O–H groups in total. The van der Waals surface area contributed by atoms with Crippen molar-refractivity contribution in [1.82, 2.24) is 14.7 Å². The highest BCUT2D eigenvalue weighted by Gasteiger charge is 2.55. The SMILES string of the molecule is CCCc1cc(C(=O)N2C[C@@H]3COc4ccccc4C[C@]3(C(=O)O)C2)n(C)n1. The van der Waals surface area contributed by atoms with Gasteiger partial charge in [-0.1, -0.05) is 31.5 Å². The molecule has 2 aliphatic heterocycles. The molecule has 0 bridgehead atoms. The fraction of sp³-hybridized carbons (Fsp3) is 0.476. The number of carboxylic acid groups (broad SMARTS) is 1. The molecular weight excluding hydrogens is 358 g/mol. The third kappa shape index (κ3) is 2.95. The molecule has 7 nitrogen and oxygen atoms in total. The summed E-state index contributed by atoms with van der Waals surface area (Å²) in [5, 5.41) is 14.5. The first-order valence-electron chi connectivity index (χ1n) is 9.71. The maximum atomic E-state index is 13.2. The molecule has 2 aliphatic rings. The predicted octanol–water partition coefficient (Wildman–Crippen LogP) is 2.15.